The van der Waals surface area contributed by atoms with Crippen molar-refractivity contribution in [1.82, 2.24) is 9.91 Å². The highest BCUT2D eigenvalue weighted by Gasteiger charge is 2.16. The van der Waals surface area contributed by atoms with Crippen LogP contribution in [0.4, 0.5) is 0 Å². The molecule has 0 saturated carbocycles. The summed E-state index contributed by atoms with van der Waals surface area (Å²) in [7, 11) is 0. The van der Waals surface area contributed by atoms with Gasteiger partial charge in [-0.05, 0) is 23.8 Å². The summed E-state index contributed by atoms with van der Waals surface area (Å²) in [5.74, 6) is 0.0638. The molecule has 0 aliphatic carbocycles. The first-order valence-corrected chi connectivity index (χ1v) is 8.26. The lowest BCUT2D eigenvalue weighted by Crippen LogP contribution is -2.43. The van der Waals surface area contributed by atoms with E-state index in [4.69, 9.17) is 11.6 Å². The van der Waals surface area contributed by atoms with Gasteiger partial charge in [0.25, 0.3) is 0 Å². The predicted octanol–water partition coefficient (Wildman–Crippen LogP) is 2.90. The van der Waals surface area contributed by atoms with Crippen LogP contribution in [0.5, 0.6) is 11.5 Å². The summed E-state index contributed by atoms with van der Waals surface area (Å²) in [6, 6.07) is 12.4. The van der Waals surface area contributed by atoms with Crippen molar-refractivity contribution < 1.29 is 10.2 Å². The largest absolute Gasteiger partial charge is 0.508 e. The number of halogens is 1. The molecule has 2 aromatic rings. The molecule has 1 heterocycles. The van der Waals surface area contributed by atoms with Crippen LogP contribution in [0.3, 0.4) is 0 Å². The number of aromatic hydroxyl groups is 2. The Labute approximate surface area is 146 Å². The number of nitrogens with zero attached hydrogens (tertiary/aromatic N) is 3. The van der Waals surface area contributed by atoms with E-state index in [0.717, 1.165) is 43.3 Å². The molecule has 0 bridgehead atoms. The van der Waals surface area contributed by atoms with Crippen molar-refractivity contribution in [3.63, 3.8) is 0 Å². The van der Waals surface area contributed by atoms with Crippen LogP contribution in [0, 0.1) is 0 Å². The number of benzene rings is 2. The zero-order chi connectivity index (χ0) is 16.9. The standard InChI is InChI=1S/C18H20ClN3O2/c19-17-4-2-1-3-15(17)13-21-7-9-22(10-8-21)20-12-14-5-6-16(23)11-18(14)24/h1-6,11-12,23-24H,7-10,13H2/b20-12-. The first-order chi connectivity index (χ1) is 11.6. The van der Waals surface area contributed by atoms with Crippen LogP contribution in [0.25, 0.3) is 0 Å². The molecule has 1 fully saturated rings. The van der Waals surface area contributed by atoms with Gasteiger partial charge in [0, 0.05) is 49.4 Å². The molecule has 24 heavy (non-hydrogen) atoms. The SMILES string of the molecule is Oc1ccc(/C=N\N2CCN(Cc3ccccc3Cl)CC2)c(O)c1. The number of hydrazone groups is 1. The number of hydrogen-bond acceptors (Lipinski definition) is 5. The second kappa shape index (κ2) is 7.55. The van der Waals surface area contributed by atoms with Crippen LogP contribution in [0.15, 0.2) is 47.6 Å². The highest BCUT2D eigenvalue weighted by Crippen LogP contribution is 2.21. The topological polar surface area (TPSA) is 59.3 Å². The van der Waals surface area contributed by atoms with Gasteiger partial charge in [-0.3, -0.25) is 9.91 Å². The van der Waals surface area contributed by atoms with E-state index >= 15 is 0 Å². The fraction of sp³-hybridized carbons (Fsp3) is 0.278. The first kappa shape index (κ1) is 16.6. The molecule has 5 nitrogen and oxygen atoms in total. The Morgan fingerprint density at radius 1 is 1.04 bits per heavy atom. The summed E-state index contributed by atoms with van der Waals surface area (Å²) < 4.78 is 0. The zero-order valence-electron chi connectivity index (χ0n) is 13.3. The molecule has 1 aliphatic heterocycles. The maximum absolute atomic E-state index is 9.76. The highest BCUT2D eigenvalue weighted by molar-refractivity contribution is 6.31. The summed E-state index contributed by atoms with van der Waals surface area (Å²) in [6.07, 6.45) is 1.62. The average Bonchev–Trinajstić information content (AvgIpc) is 2.57. The Morgan fingerprint density at radius 3 is 2.50 bits per heavy atom. The van der Waals surface area contributed by atoms with Crippen molar-refractivity contribution in [3.05, 3.63) is 58.6 Å². The number of piperazine rings is 1. The van der Waals surface area contributed by atoms with Gasteiger partial charge in [-0.1, -0.05) is 29.8 Å². The predicted molar refractivity (Wildman–Crippen MR) is 95.7 cm³/mol. The van der Waals surface area contributed by atoms with Crippen LogP contribution in [0.2, 0.25) is 5.02 Å². The van der Waals surface area contributed by atoms with Crippen LogP contribution < -0.4 is 0 Å². The summed E-state index contributed by atoms with van der Waals surface area (Å²) >= 11 is 6.21. The van der Waals surface area contributed by atoms with Gasteiger partial charge in [0.05, 0.1) is 6.21 Å². The quantitative estimate of drug-likeness (QED) is 0.836. The van der Waals surface area contributed by atoms with Crippen molar-refractivity contribution >= 4 is 17.8 Å². The van der Waals surface area contributed by atoms with Gasteiger partial charge < -0.3 is 10.2 Å². The second-order valence-corrected chi connectivity index (χ2v) is 6.22. The molecular formula is C18H20ClN3O2. The molecule has 0 radical (unpaired) electrons. The maximum Gasteiger partial charge on any atom is 0.128 e. The van der Waals surface area contributed by atoms with Crippen molar-refractivity contribution in [1.29, 1.82) is 0 Å². The van der Waals surface area contributed by atoms with Crippen molar-refractivity contribution in [2.45, 2.75) is 6.54 Å². The smallest absolute Gasteiger partial charge is 0.128 e. The lowest BCUT2D eigenvalue weighted by atomic mass is 10.2. The molecule has 0 aromatic heterocycles. The minimum atomic E-state index is 0.0242. The molecule has 1 aliphatic rings. The van der Waals surface area contributed by atoms with Crippen molar-refractivity contribution in [2.75, 3.05) is 26.2 Å². The Kier molecular flexibility index (Phi) is 5.23. The van der Waals surface area contributed by atoms with E-state index in [9.17, 15) is 10.2 Å². The Hall–Kier alpha value is -2.24. The molecule has 0 atom stereocenters. The Bertz CT molecular complexity index is 728. The van der Waals surface area contributed by atoms with Gasteiger partial charge in [0.2, 0.25) is 0 Å². The number of rotatable bonds is 4. The Balaban J connectivity index is 1.53. The fourth-order valence-electron chi connectivity index (χ4n) is 2.66. The third-order valence-corrected chi connectivity index (χ3v) is 4.44. The van der Waals surface area contributed by atoms with Crippen LogP contribution in [-0.2, 0) is 6.54 Å². The minimum Gasteiger partial charge on any atom is -0.508 e. The summed E-state index contributed by atoms with van der Waals surface area (Å²) in [6.45, 7) is 4.30. The molecule has 3 rings (SSSR count). The summed E-state index contributed by atoms with van der Waals surface area (Å²) in [4.78, 5) is 2.35. The molecule has 2 N–H and O–H groups in total. The highest BCUT2D eigenvalue weighted by atomic mass is 35.5. The lowest BCUT2D eigenvalue weighted by molar-refractivity contribution is 0.131. The minimum absolute atomic E-state index is 0.0242. The number of hydrogen-bond donors (Lipinski definition) is 2. The van der Waals surface area contributed by atoms with E-state index < -0.39 is 0 Å². The van der Waals surface area contributed by atoms with Crippen molar-refractivity contribution in [2.24, 2.45) is 5.10 Å². The van der Waals surface area contributed by atoms with Crippen LogP contribution >= 0.6 is 11.6 Å². The van der Waals surface area contributed by atoms with Gasteiger partial charge in [0.15, 0.2) is 0 Å². The number of phenolic OH excluding ortho intramolecular Hbond substituents is 2. The maximum atomic E-state index is 9.76. The molecule has 126 valence electrons. The third kappa shape index (κ3) is 4.19. The molecule has 6 heteroatoms. The molecular weight excluding hydrogens is 326 g/mol. The molecule has 1 saturated heterocycles. The summed E-state index contributed by atoms with van der Waals surface area (Å²) in [5, 5.41) is 26.3. The van der Waals surface area contributed by atoms with Gasteiger partial charge in [-0.2, -0.15) is 5.10 Å². The van der Waals surface area contributed by atoms with E-state index in [1.807, 2.05) is 23.2 Å². The van der Waals surface area contributed by atoms with Crippen molar-refractivity contribution in [3.8, 4) is 11.5 Å². The second-order valence-electron chi connectivity index (χ2n) is 5.81. The Morgan fingerprint density at radius 2 is 1.79 bits per heavy atom. The van der Waals surface area contributed by atoms with E-state index in [1.165, 1.54) is 12.1 Å². The molecule has 0 amide bonds. The van der Waals surface area contributed by atoms with Crippen LogP contribution in [0.1, 0.15) is 11.1 Å². The molecule has 2 aromatic carbocycles. The van der Waals surface area contributed by atoms with E-state index in [1.54, 1.807) is 12.3 Å². The monoisotopic (exact) mass is 345 g/mol. The lowest BCUT2D eigenvalue weighted by Gasteiger charge is -2.33. The third-order valence-electron chi connectivity index (χ3n) is 4.07. The average molecular weight is 346 g/mol. The fourth-order valence-corrected chi connectivity index (χ4v) is 2.86. The zero-order valence-corrected chi connectivity index (χ0v) is 14.0. The summed E-state index contributed by atoms with van der Waals surface area (Å²) in [5.41, 5.74) is 1.73. The van der Waals surface area contributed by atoms with Gasteiger partial charge in [-0.25, -0.2) is 0 Å². The van der Waals surface area contributed by atoms with Gasteiger partial charge in [-0.15, -0.1) is 0 Å². The first-order valence-electron chi connectivity index (χ1n) is 7.88. The number of phenols is 2. The normalized spacial score (nSPS) is 16.0. The van der Waals surface area contributed by atoms with E-state index in [2.05, 4.69) is 16.1 Å². The molecule has 0 unspecified atom stereocenters. The van der Waals surface area contributed by atoms with Gasteiger partial charge >= 0.3 is 0 Å². The van der Waals surface area contributed by atoms with E-state index in [0.29, 0.717) is 5.56 Å². The van der Waals surface area contributed by atoms with E-state index in [-0.39, 0.29) is 11.5 Å². The van der Waals surface area contributed by atoms with Gasteiger partial charge in [0.1, 0.15) is 11.5 Å². The van der Waals surface area contributed by atoms with Crippen LogP contribution in [-0.4, -0.2) is 52.5 Å². The molecule has 0 spiro atoms.